The molecule has 0 spiro atoms. The van der Waals surface area contributed by atoms with Gasteiger partial charge in [-0.3, -0.25) is 4.79 Å². The fourth-order valence-electron chi connectivity index (χ4n) is 3.89. The number of hydrogen-bond acceptors (Lipinski definition) is 3. The Labute approximate surface area is 151 Å². The summed E-state index contributed by atoms with van der Waals surface area (Å²) in [5, 5.41) is 3.12. The Balaban J connectivity index is 1.85. The smallest absolute Gasteiger partial charge is 0.337 e. The first kappa shape index (κ1) is 19.5. The van der Waals surface area contributed by atoms with Crippen LogP contribution in [0.3, 0.4) is 0 Å². The van der Waals surface area contributed by atoms with Gasteiger partial charge in [0.1, 0.15) is 0 Å². The zero-order valence-corrected chi connectivity index (χ0v) is 15.9. The highest BCUT2D eigenvalue weighted by atomic mass is 16.5. The van der Waals surface area contributed by atoms with E-state index in [1.54, 1.807) is 12.1 Å². The van der Waals surface area contributed by atoms with Crippen LogP contribution in [-0.4, -0.2) is 25.5 Å². The number of nitrogens with one attached hydrogen (secondary N) is 1. The minimum absolute atomic E-state index is 0.144. The van der Waals surface area contributed by atoms with Crippen molar-refractivity contribution in [2.24, 2.45) is 23.7 Å². The fraction of sp³-hybridized carbons (Fsp3) is 0.619. The molecular formula is C21H31NO3. The van der Waals surface area contributed by atoms with Crippen molar-refractivity contribution in [1.29, 1.82) is 0 Å². The summed E-state index contributed by atoms with van der Waals surface area (Å²) in [5.74, 6) is 1.70. The number of esters is 1. The van der Waals surface area contributed by atoms with E-state index in [-0.39, 0.29) is 17.8 Å². The Morgan fingerprint density at radius 3 is 2.48 bits per heavy atom. The first-order valence-electron chi connectivity index (χ1n) is 9.37. The lowest BCUT2D eigenvalue weighted by Gasteiger charge is -2.36. The summed E-state index contributed by atoms with van der Waals surface area (Å²) in [6.07, 6.45) is 4.16. The van der Waals surface area contributed by atoms with E-state index < -0.39 is 0 Å². The predicted molar refractivity (Wildman–Crippen MR) is 99.3 cm³/mol. The number of amides is 1. The van der Waals surface area contributed by atoms with Crippen LogP contribution in [0.15, 0.2) is 24.3 Å². The third-order valence-corrected chi connectivity index (χ3v) is 5.45. The molecule has 4 heteroatoms. The number of ether oxygens (including phenoxy) is 1. The van der Waals surface area contributed by atoms with Gasteiger partial charge in [-0.25, -0.2) is 4.79 Å². The quantitative estimate of drug-likeness (QED) is 0.797. The maximum Gasteiger partial charge on any atom is 0.337 e. The van der Waals surface area contributed by atoms with Gasteiger partial charge in [0.2, 0.25) is 5.91 Å². The van der Waals surface area contributed by atoms with Crippen molar-refractivity contribution in [3.8, 4) is 0 Å². The Morgan fingerprint density at radius 2 is 1.88 bits per heavy atom. The van der Waals surface area contributed by atoms with Gasteiger partial charge in [0.25, 0.3) is 0 Å². The van der Waals surface area contributed by atoms with Crippen LogP contribution in [0.1, 0.15) is 56.0 Å². The van der Waals surface area contributed by atoms with Crippen molar-refractivity contribution >= 4 is 11.9 Å². The number of rotatable bonds is 6. The maximum absolute atomic E-state index is 12.7. The predicted octanol–water partition coefficient (Wildman–Crippen LogP) is 3.84. The van der Waals surface area contributed by atoms with Gasteiger partial charge in [-0.05, 0) is 54.7 Å². The van der Waals surface area contributed by atoms with Crippen molar-refractivity contribution in [3.63, 3.8) is 0 Å². The monoisotopic (exact) mass is 345 g/mol. The lowest BCUT2D eigenvalue weighted by atomic mass is 9.70. The van der Waals surface area contributed by atoms with Crippen molar-refractivity contribution in [3.05, 3.63) is 35.4 Å². The van der Waals surface area contributed by atoms with E-state index >= 15 is 0 Å². The van der Waals surface area contributed by atoms with Crippen molar-refractivity contribution in [2.45, 2.75) is 46.5 Å². The molecule has 0 aromatic heterocycles. The minimum atomic E-state index is -0.328. The molecule has 0 aliphatic heterocycles. The van der Waals surface area contributed by atoms with Crippen molar-refractivity contribution in [1.82, 2.24) is 5.32 Å². The van der Waals surface area contributed by atoms with Crippen molar-refractivity contribution < 1.29 is 14.3 Å². The molecule has 4 nitrogen and oxygen atoms in total. The molecule has 0 bridgehead atoms. The second-order valence-corrected chi connectivity index (χ2v) is 7.66. The third kappa shape index (κ3) is 5.32. The molecule has 1 aliphatic rings. The Morgan fingerprint density at radius 1 is 1.20 bits per heavy atom. The molecule has 1 aromatic rings. The Bertz CT molecular complexity index is 579. The van der Waals surface area contributed by atoms with Gasteiger partial charge in [-0.15, -0.1) is 0 Å². The van der Waals surface area contributed by atoms with Crippen LogP contribution in [0.2, 0.25) is 0 Å². The highest BCUT2D eigenvalue weighted by Crippen LogP contribution is 2.38. The molecule has 2 rings (SSSR count). The number of hydrogen-bond donors (Lipinski definition) is 1. The standard InChI is InChI=1S/C21H31NO3/c1-14(2)18-10-5-15(3)13-19(18)20(23)22-12-11-16-6-8-17(9-7-16)21(24)25-4/h6-9,14-15,18-19H,5,10-13H2,1-4H3,(H,22,23)/t15-,18+,19-/m1/s1. The molecule has 0 saturated heterocycles. The van der Waals surface area contributed by atoms with E-state index in [0.717, 1.165) is 24.8 Å². The lowest BCUT2D eigenvalue weighted by Crippen LogP contribution is -2.40. The summed E-state index contributed by atoms with van der Waals surface area (Å²) in [5.41, 5.74) is 1.65. The molecule has 0 unspecified atom stereocenters. The molecule has 1 aromatic carbocycles. The second-order valence-electron chi connectivity index (χ2n) is 7.66. The Hall–Kier alpha value is -1.84. The van der Waals surface area contributed by atoms with Gasteiger partial charge in [0, 0.05) is 12.5 Å². The van der Waals surface area contributed by atoms with E-state index in [2.05, 4.69) is 26.1 Å². The van der Waals surface area contributed by atoms with Gasteiger partial charge in [0.05, 0.1) is 12.7 Å². The summed E-state index contributed by atoms with van der Waals surface area (Å²) in [4.78, 5) is 24.1. The van der Waals surface area contributed by atoms with Gasteiger partial charge in [-0.2, -0.15) is 0 Å². The van der Waals surface area contributed by atoms with E-state index in [0.29, 0.717) is 29.9 Å². The molecule has 138 valence electrons. The molecule has 1 saturated carbocycles. The molecular weight excluding hydrogens is 314 g/mol. The summed E-state index contributed by atoms with van der Waals surface area (Å²) >= 11 is 0. The molecule has 0 radical (unpaired) electrons. The largest absolute Gasteiger partial charge is 0.465 e. The number of methoxy groups -OCH3 is 1. The van der Waals surface area contributed by atoms with Gasteiger partial charge < -0.3 is 10.1 Å². The molecule has 25 heavy (non-hydrogen) atoms. The first-order chi connectivity index (χ1) is 11.9. The second kappa shape index (κ2) is 9.02. The topological polar surface area (TPSA) is 55.4 Å². The van der Waals surface area contributed by atoms with E-state index in [9.17, 15) is 9.59 Å². The van der Waals surface area contributed by atoms with Gasteiger partial charge >= 0.3 is 5.97 Å². The van der Waals surface area contributed by atoms with E-state index in [4.69, 9.17) is 4.74 Å². The highest BCUT2D eigenvalue weighted by Gasteiger charge is 2.35. The van der Waals surface area contributed by atoms with Crippen LogP contribution in [-0.2, 0) is 16.0 Å². The fourth-order valence-corrected chi connectivity index (χ4v) is 3.89. The van der Waals surface area contributed by atoms with Crippen molar-refractivity contribution in [2.75, 3.05) is 13.7 Å². The zero-order chi connectivity index (χ0) is 18.4. The van der Waals surface area contributed by atoms with Crippen LogP contribution < -0.4 is 5.32 Å². The van der Waals surface area contributed by atoms with Crippen LogP contribution >= 0.6 is 0 Å². The number of benzene rings is 1. The molecule has 1 fully saturated rings. The first-order valence-corrected chi connectivity index (χ1v) is 9.37. The molecule has 0 heterocycles. The highest BCUT2D eigenvalue weighted by molar-refractivity contribution is 5.89. The normalized spacial score (nSPS) is 23.3. The SMILES string of the molecule is COC(=O)c1ccc(CCNC(=O)[C@@H]2C[C@H](C)CC[C@H]2C(C)C)cc1. The average molecular weight is 345 g/mol. The third-order valence-electron chi connectivity index (χ3n) is 5.45. The van der Waals surface area contributed by atoms with Crippen LogP contribution in [0.25, 0.3) is 0 Å². The minimum Gasteiger partial charge on any atom is -0.465 e. The van der Waals surface area contributed by atoms with E-state index in [1.165, 1.54) is 13.5 Å². The zero-order valence-electron chi connectivity index (χ0n) is 15.9. The van der Waals surface area contributed by atoms with Crippen LogP contribution in [0.5, 0.6) is 0 Å². The summed E-state index contributed by atoms with van der Waals surface area (Å²) in [7, 11) is 1.38. The van der Waals surface area contributed by atoms with E-state index in [1.807, 2.05) is 12.1 Å². The molecule has 1 aliphatic carbocycles. The molecule has 1 amide bonds. The summed E-state index contributed by atoms with van der Waals surface area (Å²) in [6, 6.07) is 7.36. The molecule has 3 atom stereocenters. The van der Waals surface area contributed by atoms with Gasteiger partial charge in [-0.1, -0.05) is 39.3 Å². The van der Waals surface area contributed by atoms with Gasteiger partial charge in [0.15, 0.2) is 0 Å². The summed E-state index contributed by atoms with van der Waals surface area (Å²) in [6.45, 7) is 7.33. The van der Waals surface area contributed by atoms with Crippen LogP contribution in [0, 0.1) is 23.7 Å². The summed E-state index contributed by atoms with van der Waals surface area (Å²) < 4.78 is 4.70. The maximum atomic E-state index is 12.7. The number of carbonyl (C=O) groups excluding carboxylic acids is 2. The van der Waals surface area contributed by atoms with Crippen LogP contribution in [0.4, 0.5) is 0 Å². The number of carbonyl (C=O) groups is 2. The Kier molecular flexibility index (Phi) is 7.03. The lowest BCUT2D eigenvalue weighted by molar-refractivity contribution is -0.129. The average Bonchev–Trinajstić information content (AvgIpc) is 2.61. The molecule has 1 N–H and O–H groups in total.